The molecule has 0 unspecified atom stereocenters. The molecular weight excluding hydrogens is 290 g/mol. The van der Waals surface area contributed by atoms with Gasteiger partial charge in [0.15, 0.2) is 0 Å². The standard InChI is InChI=1S/C17H25N5O/c1-3-6-22-13(2)15(8-20-22)11-21-10-14(17(23)12-21)7-16-9-18-4-5-19-16/h4-5,8-9,14,17,23H,3,6-7,10-12H2,1-2H3/t14-,17-/m1/s1. The van der Waals surface area contributed by atoms with E-state index < -0.39 is 0 Å². The van der Waals surface area contributed by atoms with Crippen LogP contribution in [-0.4, -0.2) is 48.9 Å². The molecule has 6 heteroatoms. The Morgan fingerprint density at radius 1 is 1.26 bits per heavy atom. The van der Waals surface area contributed by atoms with Crippen LogP contribution >= 0.6 is 0 Å². The molecule has 3 rings (SSSR count). The highest BCUT2D eigenvalue weighted by atomic mass is 16.3. The van der Waals surface area contributed by atoms with Gasteiger partial charge >= 0.3 is 0 Å². The van der Waals surface area contributed by atoms with Gasteiger partial charge in [-0.15, -0.1) is 0 Å². The minimum atomic E-state index is -0.303. The fourth-order valence-corrected chi connectivity index (χ4v) is 3.29. The van der Waals surface area contributed by atoms with Crippen LogP contribution in [-0.2, 0) is 19.5 Å². The number of nitrogens with zero attached hydrogens (tertiary/aromatic N) is 5. The summed E-state index contributed by atoms with van der Waals surface area (Å²) >= 11 is 0. The Balaban J connectivity index is 1.60. The van der Waals surface area contributed by atoms with Crippen LogP contribution in [0.1, 0.15) is 30.3 Å². The minimum Gasteiger partial charge on any atom is -0.391 e. The van der Waals surface area contributed by atoms with E-state index in [0.29, 0.717) is 6.54 Å². The van der Waals surface area contributed by atoms with Gasteiger partial charge in [-0.25, -0.2) is 0 Å². The Morgan fingerprint density at radius 3 is 2.87 bits per heavy atom. The van der Waals surface area contributed by atoms with Gasteiger partial charge in [0.05, 0.1) is 18.0 Å². The Kier molecular flexibility index (Phi) is 5.03. The van der Waals surface area contributed by atoms with E-state index in [4.69, 9.17) is 0 Å². The second-order valence-electron chi connectivity index (χ2n) is 6.40. The molecule has 23 heavy (non-hydrogen) atoms. The molecule has 0 aromatic carbocycles. The summed E-state index contributed by atoms with van der Waals surface area (Å²) in [5, 5.41) is 14.8. The Morgan fingerprint density at radius 2 is 2.13 bits per heavy atom. The monoisotopic (exact) mass is 315 g/mol. The number of aryl methyl sites for hydroxylation is 1. The van der Waals surface area contributed by atoms with Gasteiger partial charge in [-0.05, 0) is 19.8 Å². The second-order valence-corrected chi connectivity index (χ2v) is 6.40. The van der Waals surface area contributed by atoms with E-state index in [9.17, 15) is 5.11 Å². The lowest BCUT2D eigenvalue weighted by molar-refractivity contribution is 0.140. The topological polar surface area (TPSA) is 67.1 Å². The van der Waals surface area contributed by atoms with Crippen molar-refractivity contribution in [2.75, 3.05) is 13.1 Å². The van der Waals surface area contributed by atoms with Crippen molar-refractivity contribution in [3.8, 4) is 0 Å². The van der Waals surface area contributed by atoms with Gasteiger partial charge in [-0.2, -0.15) is 5.10 Å². The van der Waals surface area contributed by atoms with Crippen molar-refractivity contribution >= 4 is 0 Å². The summed E-state index contributed by atoms with van der Waals surface area (Å²) in [5.74, 6) is 0.220. The fourth-order valence-electron chi connectivity index (χ4n) is 3.29. The highest BCUT2D eigenvalue weighted by Gasteiger charge is 2.32. The first-order valence-corrected chi connectivity index (χ1v) is 8.34. The molecule has 2 atom stereocenters. The number of hydrogen-bond acceptors (Lipinski definition) is 5. The molecule has 1 aliphatic heterocycles. The first-order valence-electron chi connectivity index (χ1n) is 8.34. The number of β-amino-alcohol motifs (C(OH)–C–C–N with tert-alkyl or cyclic N) is 1. The lowest BCUT2D eigenvalue weighted by atomic mass is 10.0. The summed E-state index contributed by atoms with van der Waals surface area (Å²) in [7, 11) is 0. The van der Waals surface area contributed by atoms with Crippen LogP contribution in [0.5, 0.6) is 0 Å². The maximum absolute atomic E-state index is 10.3. The number of rotatable bonds is 6. The molecule has 1 fully saturated rings. The van der Waals surface area contributed by atoms with Gasteiger partial charge in [0, 0.05) is 61.9 Å². The quantitative estimate of drug-likeness (QED) is 0.873. The van der Waals surface area contributed by atoms with Crippen molar-refractivity contribution < 1.29 is 5.11 Å². The van der Waals surface area contributed by atoms with Gasteiger partial charge in [-0.1, -0.05) is 6.92 Å². The number of aromatic nitrogens is 4. The van der Waals surface area contributed by atoms with E-state index in [0.717, 1.165) is 38.2 Å². The first-order chi connectivity index (χ1) is 11.2. The number of aliphatic hydroxyl groups excluding tert-OH is 1. The third-order valence-electron chi connectivity index (χ3n) is 4.60. The zero-order valence-electron chi connectivity index (χ0n) is 13.9. The number of hydrogen-bond donors (Lipinski definition) is 1. The number of likely N-dealkylation sites (tertiary alicyclic amines) is 1. The summed E-state index contributed by atoms with van der Waals surface area (Å²) in [6.07, 6.45) is 8.70. The zero-order chi connectivity index (χ0) is 16.2. The van der Waals surface area contributed by atoms with Gasteiger partial charge in [0.1, 0.15) is 0 Å². The lowest BCUT2D eigenvalue weighted by Crippen LogP contribution is -2.21. The van der Waals surface area contributed by atoms with E-state index in [2.05, 4.69) is 38.5 Å². The highest BCUT2D eigenvalue weighted by molar-refractivity contribution is 5.16. The van der Waals surface area contributed by atoms with E-state index in [1.807, 2.05) is 6.20 Å². The normalized spacial score (nSPS) is 21.9. The molecule has 0 aliphatic carbocycles. The molecule has 2 aromatic heterocycles. The highest BCUT2D eigenvalue weighted by Crippen LogP contribution is 2.23. The minimum absolute atomic E-state index is 0.220. The van der Waals surface area contributed by atoms with Crippen molar-refractivity contribution in [1.29, 1.82) is 0 Å². The van der Waals surface area contributed by atoms with E-state index >= 15 is 0 Å². The molecule has 0 bridgehead atoms. The SMILES string of the molecule is CCCn1ncc(CN2C[C@@H](Cc3cnccn3)[C@H](O)C2)c1C. The Hall–Kier alpha value is -1.79. The van der Waals surface area contributed by atoms with Gasteiger partial charge in [0.25, 0.3) is 0 Å². The third kappa shape index (κ3) is 3.76. The largest absolute Gasteiger partial charge is 0.391 e. The smallest absolute Gasteiger partial charge is 0.0711 e. The summed E-state index contributed by atoms with van der Waals surface area (Å²) in [4.78, 5) is 10.7. The molecule has 3 heterocycles. The molecule has 0 radical (unpaired) electrons. The predicted molar refractivity (Wildman–Crippen MR) is 87.8 cm³/mol. The average molecular weight is 315 g/mol. The Labute approximate surface area is 137 Å². The van der Waals surface area contributed by atoms with Crippen LogP contribution in [0.3, 0.4) is 0 Å². The van der Waals surface area contributed by atoms with Crippen LogP contribution in [0.15, 0.2) is 24.8 Å². The summed E-state index contributed by atoms with van der Waals surface area (Å²) in [5.41, 5.74) is 3.44. The molecule has 1 N–H and O–H groups in total. The van der Waals surface area contributed by atoms with Crippen molar-refractivity contribution in [3.05, 3.63) is 41.7 Å². The fraction of sp³-hybridized carbons (Fsp3) is 0.588. The summed E-state index contributed by atoms with van der Waals surface area (Å²) in [6, 6.07) is 0. The number of aliphatic hydroxyl groups is 1. The van der Waals surface area contributed by atoms with Crippen LogP contribution in [0.4, 0.5) is 0 Å². The third-order valence-corrected chi connectivity index (χ3v) is 4.60. The van der Waals surface area contributed by atoms with Gasteiger partial charge in [-0.3, -0.25) is 19.5 Å². The molecule has 124 valence electrons. The van der Waals surface area contributed by atoms with Gasteiger partial charge in [0.2, 0.25) is 0 Å². The van der Waals surface area contributed by atoms with Crippen molar-refractivity contribution in [1.82, 2.24) is 24.6 Å². The molecule has 0 saturated carbocycles. The molecule has 0 spiro atoms. The predicted octanol–water partition coefficient (Wildman–Crippen LogP) is 1.43. The van der Waals surface area contributed by atoms with Crippen molar-refractivity contribution in [2.24, 2.45) is 5.92 Å². The molecule has 0 amide bonds. The first kappa shape index (κ1) is 16.1. The summed E-state index contributed by atoms with van der Waals surface area (Å²) in [6.45, 7) is 7.70. The van der Waals surface area contributed by atoms with E-state index in [1.165, 1.54) is 11.3 Å². The summed E-state index contributed by atoms with van der Waals surface area (Å²) < 4.78 is 2.07. The molecule has 1 saturated heterocycles. The van der Waals surface area contributed by atoms with E-state index in [1.54, 1.807) is 18.6 Å². The van der Waals surface area contributed by atoms with Crippen LogP contribution in [0.2, 0.25) is 0 Å². The zero-order valence-corrected chi connectivity index (χ0v) is 13.9. The van der Waals surface area contributed by atoms with Gasteiger partial charge < -0.3 is 5.11 Å². The average Bonchev–Trinajstić information content (AvgIpc) is 3.06. The van der Waals surface area contributed by atoms with Crippen molar-refractivity contribution in [3.63, 3.8) is 0 Å². The van der Waals surface area contributed by atoms with Crippen LogP contribution < -0.4 is 0 Å². The molecular formula is C17H25N5O. The second kappa shape index (κ2) is 7.19. The maximum atomic E-state index is 10.3. The maximum Gasteiger partial charge on any atom is 0.0711 e. The lowest BCUT2D eigenvalue weighted by Gasteiger charge is -2.15. The molecule has 1 aliphatic rings. The van der Waals surface area contributed by atoms with Crippen LogP contribution in [0.25, 0.3) is 0 Å². The van der Waals surface area contributed by atoms with Crippen molar-refractivity contribution in [2.45, 2.75) is 45.9 Å². The Bertz CT molecular complexity index is 627. The van der Waals surface area contributed by atoms with E-state index in [-0.39, 0.29) is 12.0 Å². The molecule has 6 nitrogen and oxygen atoms in total. The molecule has 2 aromatic rings. The van der Waals surface area contributed by atoms with Crippen LogP contribution in [0, 0.1) is 12.8 Å².